The van der Waals surface area contributed by atoms with Crippen molar-refractivity contribution in [3.8, 4) is 0 Å². The fourth-order valence-corrected chi connectivity index (χ4v) is 2.30. The van der Waals surface area contributed by atoms with Gasteiger partial charge in [-0.2, -0.15) is 0 Å². The lowest BCUT2D eigenvalue weighted by Gasteiger charge is -2.10. The summed E-state index contributed by atoms with van der Waals surface area (Å²) in [6.45, 7) is 1.60. The van der Waals surface area contributed by atoms with E-state index in [1.54, 1.807) is 6.92 Å². The summed E-state index contributed by atoms with van der Waals surface area (Å²) in [6.07, 6.45) is 1.01. The van der Waals surface area contributed by atoms with Crippen molar-refractivity contribution in [2.45, 2.75) is 13.0 Å². The molecule has 0 saturated carbocycles. The average Bonchev–Trinajstić information content (AvgIpc) is 2.88. The molecule has 110 valence electrons. The fraction of sp³-hybridized carbons (Fsp3) is 0.182. The summed E-state index contributed by atoms with van der Waals surface area (Å²) in [5.74, 6) is -1.86. The van der Waals surface area contributed by atoms with Gasteiger partial charge in [0.05, 0.1) is 6.04 Å². The molecule has 0 saturated heterocycles. The van der Waals surface area contributed by atoms with Crippen LogP contribution in [0.15, 0.2) is 21.2 Å². The Morgan fingerprint density at radius 2 is 2.14 bits per heavy atom. The number of H-pyrrole nitrogens is 2. The normalized spacial score (nSPS) is 11.9. The van der Waals surface area contributed by atoms with E-state index in [9.17, 15) is 19.2 Å². The van der Waals surface area contributed by atoms with Gasteiger partial charge in [-0.05, 0) is 6.92 Å². The van der Waals surface area contributed by atoms with Gasteiger partial charge >= 0.3 is 11.7 Å². The van der Waals surface area contributed by atoms with Crippen molar-refractivity contribution < 1.29 is 14.7 Å². The summed E-state index contributed by atoms with van der Waals surface area (Å²) < 4.78 is 0. The fourth-order valence-electron chi connectivity index (χ4n) is 1.50. The topological polar surface area (TPSA) is 145 Å². The molecular weight excluding hydrogens is 300 g/mol. The van der Waals surface area contributed by atoms with Gasteiger partial charge in [0.25, 0.3) is 11.5 Å². The first-order valence-corrected chi connectivity index (χ1v) is 6.58. The standard InChI is InChI=1S/C11H10N4O5S/c1-4(9-14-6(3-21-9)10(18)19)13-7(16)5-2-12-11(20)15-8(5)17/h2-4H,1H3,(H,13,16)(H,18,19)(H2,12,15,17,20). The van der Waals surface area contributed by atoms with Crippen LogP contribution in [0.4, 0.5) is 0 Å². The highest BCUT2D eigenvalue weighted by molar-refractivity contribution is 7.09. The van der Waals surface area contributed by atoms with Gasteiger partial charge in [-0.3, -0.25) is 14.6 Å². The lowest BCUT2D eigenvalue weighted by Crippen LogP contribution is -2.34. The Hall–Kier alpha value is -2.75. The average molecular weight is 310 g/mol. The van der Waals surface area contributed by atoms with Crippen molar-refractivity contribution in [2.24, 2.45) is 0 Å². The molecule has 21 heavy (non-hydrogen) atoms. The zero-order chi connectivity index (χ0) is 15.6. The molecule has 1 amide bonds. The third kappa shape index (κ3) is 3.23. The van der Waals surface area contributed by atoms with Crippen LogP contribution >= 0.6 is 11.3 Å². The molecule has 1 unspecified atom stereocenters. The quantitative estimate of drug-likeness (QED) is 0.610. The number of nitrogens with zero attached hydrogens (tertiary/aromatic N) is 1. The Bertz CT molecular complexity index is 805. The summed E-state index contributed by atoms with van der Waals surface area (Å²) in [6, 6.07) is -0.582. The molecule has 0 aromatic carbocycles. The first-order chi connectivity index (χ1) is 9.88. The molecule has 2 aromatic rings. The second-order valence-electron chi connectivity index (χ2n) is 4.06. The minimum atomic E-state index is -1.16. The predicted molar refractivity (Wildman–Crippen MR) is 72.6 cm³/mol. The molecule has 2 heterocycles. The monoisotopic (exact) mass is 310 g/mol. The number of amides is 1. The number of aromatic carboxylic acids is 1. The van der Waals surface area contributed by atoms with E-state index in [4.69, 9.17) is 5.11 Å². The number of carboxylic acids is 1. The molecule has 0 spiro atoms. The van der Waals surface area contributed by atoms with E-state index in [1.807, 2.05) is 4.98 Å². The number of nitrogens with one attached hydrogen (secondary N) is 3. The molecule has 4 N–H and O–H groups in total. The van der Waals surface area contributed by atoms with Crippen LogP contribution in [0.3, 0.4) is 0 Å². The first-order valence-electron chi connectivity index (χ1n) is 5.70. The second kappa shape index (κ2) is 5.71. The minimum absolute atomic E-state index is 0.113. The van der Waals surface area contributed by atoms with E-state index in [0.29, 0.717) is 5.01 Å². The SMILES string of the molecule is CC(NC(=O)c1c[nH]c(=O)[nH]c1=O)c1nc(C(=O)O)cs1. The number of aromatic nitrogens is 3. The van der Waals surface area contributed by atoms with Gasteiger partial charge in [0.15, 0.2) is 5.69 Å². The van der Waals surface area contributed by atoms with Crippen molar-refractivity contribution in [3.05, 3.63) is 48.7 Å². The number of thiazole rings is 1. The second-order valence-corrected chi connectivity index (χ2v) is 4.95. The summed E-state index contributed by atoms with van der Waals surface area (Å²) in [7, 11) is 0. The van der Waals surface area contributed by atoms with E-state index in [2.05, 4.69) is 15.3 Å². The molecule has 0 fully saturated rings. The highest BCUT2D eigenvalue weighted by Gasteiger charge is 2.18. The van der Waals surface area contributed by atoms with Gasteiger partial charge in [0, 0.05) is 11.6 Å². The van der Waals surface area contributed by atoms with Gasteiger partial charge in [0.1, 0.15) is 10.6 Å². The van der Waals surface area contributed by atoms with Crippen molar-refractivity contribution in [2.75, 3.05) is 0 Å². The van der Waals surface area contributed by atoms with Gasteiger partial charge in [0.2, 0.25) is 0 Å². The van der Waals surface area contributed by atoms with Crippen molar-refractivity contribution in [3.63, 3.8) is 0 Å². The van der Waals surface area contributed by atoms with Crippen LogP contribution in [0.2, 0.25) is 0 Å². The number of rotatable bonds is 4. The van der Waals surface area contributed by atoms with E-state index >= 15 is 0 Å². The number of hydrogen-bond donors (Lipinski definition) is 4. The molecule has 10 heteroatoms. The smallest absolute Gasteiger partial charge is 0.355 e. The molecule has 9 nitrogen and oxygen atoms in total. The lowest BCUT2D eigenvalue weighted by atomic mass is 10.2. The Morgan fingerprint density at radius 3 is 2.71 bits per heavy atom. The third-order valence-corrected chi connectivity index (χ3v) is 3.55. The summed E-state index contributed by atoms with van der Waals surface area (Å²) in [4.78, 5) is 53.0. The number of carbonyl (C=O) groups is 2. The van der Waals surface area contributed by atoms with Crippen LogP contribution in [0.25, 0.3) is 0 Å². The maximum absolute atomic E-state index is 11.9. The molecular formula is C11H10N4O5S. The van der Waals surface area contributed by atoms with Crippen molar-refractivity contribution >= 4 is 23.2 Å². The molecule has 0 aliphatic carbocycles. The number of carboxylic acid groups (broad SMARTS) is 1. The molecule has 0 aliphatic heterocycles. The van der Waals surface area contributed by atoms with Gasteiger partial charge in [-0.15, -0.1) is 11.3 Å². The van der Waals surface area contributed by atoms with E-state index < -0.39 is 29.2 Å². The van der Waals surface area contributed by atoms with E-state index in [0.717, 1.165) is 17.5 Å². The number of hydrogen-bond acceptors (Lipinski definition) is 6. The molecule has 0 radical (unpaired) electrons. The highest BCUT2D eigenvalue weighted by Crippen LogP contribution is 2.18. The molecule has 0 aliphatic rings. The predicted octanol–water partition coefficient (Wildman–Crippen LogP) is -0.291. The number of carbonyl (C=O) groups excluding carboxylic acids is 1. The molecule has 2 rings (SSSR count). The maximum atomic E-state index is 11.9. The van der Waals surface area contributed by atoms with Crippen LogP contribution in [0.5, 0.6) is 0 Å². The van der Waals surface area contributed by atoms with Crippen LogP contribution in [0, 0.1) is 0 Å². The van der Waals surface area contributed by atoms with Gasteiger partial charge < -0.3 is 15.4 Å². The van der Waals surface area contributed by atoms with E-state index in [-0.39, 0.29) is 11.3 Å². The highest BCUT2D eigenvalue weighted by atomic mass is 32.1. The summed E-state index contributed by atoms with van der Waals surface area (Å²) >= 11 is 1.08. The zero-order valence-corrected chi connectivity index (χ0v) is 11.5. The number of aromatic amines is 2. The first kappa shape index (κ1) is 14.7. The Labute approximate surface area is 120 Å². The van der Waals surface area contributed by atoms with Crippen LogP contribution in [0.1, 0.15) is 38.8 Å². The van der Waals surface area contributed by atoms with Crippen LogP contribution in [-0.4, -0.2) is 31.9 Å². The largest absolute Gasteiger partial charge is 0.476 e. The molecule has 0 bridgehead atoms. The maximum Gasteiger partial charge on any atom is 0.355 e. The zero-order valence-electron chi connectivity index (χ0n) is 10.7. The lowest BCUT2D eigenvalue weighted by molar-refractivity contribution is 0.0691. The Kier molecular flexibility index (Phi) is 3.98. The minimum Gasteiger partial charge on any atom is -0.476 e. The Balaban J connectivity index is 2.16. The van der Waals surface area contributed by atoms with Crippen molar-refractivity contribution in [1.29, 1.82) is 0 Å². The third-order valence-electron chi connectivity index (χ3n) is 2.52. The molecule has 1 atom stereocenters. The summed E-state index contributed by atoms with van der Waals surface area (Å²) in [5, 5.41) is 13.0. The van der Waals surface area contributed by atoms with Crippen molar-refractivity contribution in [1.82, 2.24) is 20.3 Å². The van der Waals surface area contributed by atoms with E-state index in [1.165, 1.54) is 5.38 Å². The van der Waals surface area contributed by atoms with Gasteiger partial charge in [-0.25, -0.2) is 14.6 Å². The molecule has 2 aromatic heterocycles. The Morgan fingerprint density at radius 1 is 1.43 bits per heavy atom. The van der Waals surface area contributed by atoms with Crippen LogP contribution in [-0.2, 0) is 0 Å². The summed E-state index contributed by atoms with van der Waals surface area (Å²) in [5.41, 5.74) is -1.89. The van der Waals surface area contributed by atoms with Gasteiger partial charge in [-0.1, -0.05) is 0 Å². The van der Waals surface area contributed by atoms with Crippen LogP contribution < -0.4 is 16.6 Å².